The van der Waals surface area contributed by atoms with Gasteiger partial charge in [-0.2, -0.15) is 0 Å². The molecule has 2 amide bonds. The summed E-state index contributed by atoms with van der Waals surface area (Å²) >= 11 is 3.40. The Bertz CT molecular complexity index is 1010. The fraction of sp³-hybridized carbons (Fsp3) is 0.391. The van der Waals surface area contributed by atoms with E-state index in [0.717, 1.165) is 40.9 Å². The van der Waals surface area contributed by atoms with Crippen molar-refractivity contribution >= 4 is 33.4 Å². The molecule has 7 heteroatoms. The van der Waals surface area contributed by atoms with Gasteiger partial charge in [0.15, 0.2) is 11.5 Å². The molecule has 3 heterocycles. The Morgan fingerprint density at radius 1 is 1.03 bits per heavy atom. The lowest BCUT2D eigenvalue weighted by atomic mass is 9.91. The van der Waals surface area contributed by atoms with Crippen molar-refractivity contribution < 1.29 is 19.1 Å². The maximum Gasteiger partial charge on any atom is 0.251 e. The summed E-state index contributed by atoms with van der Waals surface area (Å²) in [6.07, 6.45) is 1.89. The molecule has 2 aromatic carbocycles. The van der Waals surface area contributed by atoms with E-state index in [2.05, 4.69) is 39.9 Å². The Hall–Kier alpha value is -2.38. The van der Waals surface area contributed by atoms with E-state index in [-0.39, 0.29) is 24.3 Å². The molecular weight excluding hydrogens is 448 g/mol. The van der Waals surface area contributed by atoms with E-state index < -0.39 is 6.04 Å². The van der Waals surface area contributed by atoms with E-state index in [1.54, 1.807) is 12.1 Å². The summed E-state index contributed by atoms with van der Waals surface area (Å²) in [7, 11) is 0. The summed E-state index contributed by atoms with van der Waals surface area (Å²) in [6, 6.07) is 11.0. The van der Waals surface area contributed by atoms with E-state index in [0.29, 0.717) is 18.9 Å². The van der Waals surface area contributed by atoms with Crippen LogP contribution in [0.1, 0.15) is 36.9 Å². The van der Waals surface area contributed by atoms with Gasteiger partial charge in [-0.25, -0.2) is 4.90 Å². The molecule has 0 saturated carbocycles. The van der Waals surface area contributed by atoms with Gasteiger partial charge < -0.3 is 9.47 Å². The smallest absolute Gasteiger partial charge is 0.251 e. The van der Waals surface area contributed by atoms with Gasteiger partial charge >= 0.3 is 0 Å². The Kier molecular flexibility index (Phi) is 5.03. The number of rotatable bonds is 2. The molecule has 0 aromatic heterocycles. The predicted molar refractivity (Wildman–Crippen MR) is 116 cm³/mol. The summed E-state index contributed by atoms with van der Waals surface area (Å²) in [5.74, 6) is 1.28. The minimum atomic E-state index is -0.444. The topological polar surface area (TPSA) is 59.1 Å². The fourth-order valence-corrected chi connectivity index (χ4v) is 4.92. The number of anilines is 1. The van der Waals surface area contributed by atoms with Gasteiger partial charge in [0.1, 0.15) is 0 Å². The molecule has 156 valence electrons. The number of carbonyl (C=O) groups is 2. The molecule has 6 nitrogen and oxygen atoms in total. The Balaban J connectivity index is 1.42. The third-order valence-electron chi connectivity index (χ3n) is 6.20. The molecular formula is C23H23BrN2O4. The maximum absolute atomic E-state index is 13.2. The highest BCUT2D eigenvalue weighted by molar-refractivity contribution is 9.10. The van der Waals surface area contributed by atoms with E-state index in [1.807, 2.05) is 12.1 Å². The summed E-state index contributed by atoms with van der Waals surface area (Å²) < 4.78 is 12.6. The van der Waals surface area contributed by atoms with Crippen molar-refractivity contribution in [3.8, 4) is 11.5 Å². The minimum Gasteiger partial charge on any atom is -0.490 e. The van der Waals surface area contributed by atoms with Crippen molar-refractivity contribution in [2.75, 3.05) is 24.7 Å². The van der Waals surface area contributed by atoms with Gasteiger partial charge in [-0.1, -0.05) is 15.9 Å². The molecule has 0 bridgehead atoms. The van der Waals surface area contributed by atoms with Crippen molar-refractivity contribution in [2.24, 2.45) is 0 Å². The van der Waals surface area contributed by atoms with Crippen LogP contribution in [0.2, 0.25) is 0 Å². The highest BCUT2D eigenvalue weighted by Crippen LogP contribution is 2.41. The Morgan fingerprint density at radius 3 is 2.47 bits per heavy atom. The van der Waals surface area contributed by atoms with Crippen molar-refractivity contribution in [2.45, 2.75) is 38.3 Å². The van der Waals surface area contributed by atoms with E-state index in [4.69, 9.17) is 9.47 Å². The second kappa shape index (κ2) is 7.71. The van der Waals surface area contributed by atoms with E-state index in [1.165, 1.54) is 10.5 Å². The molecule has 3 aliphatic heterocycles. The predicted octanol–water partition coefficient (Wildman–Crippen LogP) is 3.86. The molecule has 2 atom stereocenters. The largest absolute Gasteiger partial charge is 0.490 e. The molecule has 0 N–H and O–H groups in total. The number of ether oxygens (including phenoxy) is 2. The zero-order chi connectivity index (χ0) is 20.8. The standard InChI is InChI=1S/C23H23BrN2O4/c1-14-18-12-21-20(29-9-2-10-30-21)11-15(18)7-8-25(14)19-13-22(27)26(23(19)28)17-5-3-16(24)4-6-17/h3-6,11-12,14,19H,2,7-10,13H2,1H3/t14-,19-/m0/s1. The van der Waals surface area contributed by atoms with Crippen LogP contribution < -0.4 is 14.4 Å². The van der Waals surface area contributed by atoms with Crippen LogP contribution in [0.25, 0.3) is 0 Å². The number of hydrogen-bond donors (Lipinski definition) is 0. The molecule has 0 radical (unpaired) electrons. The quantitative estimate of drug-likeness (QED) is 0.623. The number of hydrogen-bond acceptors (Lipinski definition) is 5. The lowest BCUT2D eigenvalue weighted by Gasteiger charge is -2.38. The molecule has 0 aliphatic carbocycles. The van der Waals surface area contributed by atoms with Crippen molar-refractivity contribution in [1.82, 2.24) is 4.90 Å². The van der Waals surface area contributed by atoms with Gasteiger partial charge in [-0.3, -0.25) is 14.5 Å². The van der Waals surface area contributed by atoms with Crippen LogP contribution >= 0.6 is 15.9 Å². The van der Waals surface area contributed by atoms with Crippen LogP contribution in [0.5, 0.6) is 11.5 Å². The van der Waals surface area contributed by atoms with Crippen molar-refractivity contribution in [3.05, 3.63) is 52.0 Å². The van der Waals surface area contributed by atoms with Crippen LogP contribution in [-0.2, 0) is 16.0 Å². The molecule has 3 aliphatic rings. The second-order valence-electron chi connectivity index (χ2n) is 7.98. The summed E-state index contributed by atoms with van der Waals surface area (Å²) in [5.41, 5.74) is 2.99. The van der Waals surface area contributed by atoms with Crippen LogP contribution in [0.4, 0.5) is 5.69 Å². The number of benzene rings is 2. The van der Waals surface area contributed by atoms with Gasteiger partial charge in [0.2, 0.25) is 5.91 Å². The lowest BCUT2D eigenvalue weighted by Crippen LogP contribution is -2.46. The average molecular weight is 471 g/mol. The van der Waals surface area contributed by atoms with Crippen molar-refractivity contribution in [1.29, 1.82) is 0 Å². The minimum absolute atomic E-state index is 0.0116. The van der Waals surface area contributed by atoms with Gasteiger partial charge in [-0.15, -0.1) is 0 Å². The summed E-state index contributed by atoms with van der Waals surface area (Å²) in [4.78, 5) is 29.5. The van der Waals surface area contributed by atoms with Gasteiger partial charge in [0, 0.05) is 23.5 Å². The van der Waals surface area contributed by atoms with Crippen LogP contribution in [0.15, 0.2) is 40.9 Å². The highest BCUT2D eigenvalue weighted by Gasteiger charge is 2.45. The number of imide groups is 1. The molecule has 30 heavy (non-hydrogen) atoms. The third kappa shape index (κ3) is 3.30. The molecule has 2 aromatic rings. The SMILES string of the molecule is C[C@H]1c2cc3c(cc2CCN1[C@H]1CC(=O)N(c2ccc(Br)cc2)C1=O)OCCCO3. The maximum atomic E-state index is 13.2. The van der Waals surface area contributed by atoms with Gasteiger partial charge in [-0.05, 0) is 60.9 Å². The van der Waals surface area contributed by atoms with Gasteiger partial charge in [0.25, 0.3) is 5.91 Å². The third-order valence-corrected chi connectivity index (χ3v) is 6.73. The van der Waals surface area contributed by atoms with Crippen LogP contribution in [-0.4, -0.2) is 42.5 Å². The first-order valence-electron chi connectivity index (χ1n) is 10.3. The first kappa shape index (κ1) is 19.6. The second-order valence-corrected chi connectivity index (χ2v) is 8.89. The normalized spacial score (nSPS) is 24.0. The first-order chi connectivity index (χ1) is 14.5. The zero-order valence-electron chi connectivity index (χ0n) is 16.8. The monoisotopic (exact) mass is 470 g/mol. The Morgan fingerprint density at radius 2 is 1.73 bits per heavy atom. The summed E-state index contributed by atoms with van der Waals surface area (Å²) in [6.45, 7) is 4.13. The molecule has 0 spiro atoms. The number of nitrogens with zero attached hydrogens (tertiary/aromatic N) is 2. The Labute approximate surface area is 183 Å². The molecule has 1 saturated heterocycles. The fourth-order valence-electron chi connectivity index (χ4n) is 4.66. The zero-order valence-corrected chi connectivity index (χ0v) is 18.4. The molecule has 0 unspecified atom stereocenters. The number of halogens is 1. The van der Waals surface area contributed by atoms with Crippen molar-refractivity contribution in [3.63, 3.8) is 0 Å². The van der Waals surface area contributed by atoms with Crippen LogP contribution in [0.3, 0.4) is 0 Å². The first-order valence-corrected chi connectivity index (χ1v) is 11.1. The van der Waals surface area contributed by atoms with E-state index in [9.17, 15) is 9.59 Å². The number of fused-ring (bicyclic) bond motifs is 2. The van der Waals surface area contributed by atoms with E-state index >= 15 is 0 Å². The average Bonchev–Trinajstić information content (AvgIpc) is 2.90. The number of amides is 2. The van der Waals surface area contributed by atoms with Crippen LogP contribution in [0, 0.1) is 0 Å². The van der Waals surface area contributed by atoms with Gasteiger partial charge in [0.05, 0.1) is 31.4 Å². The molecule has 1 fully saturated rings. The number of carbonyl (C=O) groups excluding carboxylic acids is 2. The lowest BCUT2D eigenvalue weighted by molar-refractivity contribution is -0.123. The molecule has 5 rings (SSSR count). The highest BCUT2D eigenvalue weighted by atomic mass is 79.9. The summed E-state index contributed by atoms with van der Waals surface area (Å²) in [5, 5.41) is 0.